The van der Waals surface area contributed by atoms with E-state index in [1.165, 1.54) is 0 Å². The molecule has 0 unspecified atom stereocenters. The van der Waals surface area contributed by atoms with Gasteiger partial charge in [-0.1, -0.05) is 0 Å². The summed E-state index contributed by atoms with van der Waals surface area (Å²) in [6.07, 6.45) is 0. The van der Waals surface area contributed by atoms with Crippen LogP contribution in [-0.2, 0) is 4.57 Å². The molecule has 0 saturated carbocycles. The molecule has 4 nitrogen and oxygen atoms in total. The number of halogens is 3. The molecule has 0 spiro atoms. The third-order valence-corrected chi connectivity index (χ3v) is 0. The molecule has 0 aliphatic heterocycles. The summed E-state index contributed by atoms with van der Waals surface area (Å²) in [7, 11) is -4.64. The molecule has 0 radical (unpaired) electrons. The predicted molar refractivity (Wildman–Crippen MR) is 54.2 cm³/mol. The molecule has 0 aromatic heterocycles. The molecule has 0 aliphatic carbocycles. The average Bonchev–Trinajstić information content (AvgIpc) is 0.722. The summed E-state index contributed by atoms with van der Waals surface area (Å²) in [6.45, 7) is 0. The molecule has 0 aromatic rings. The quantitative estimate of drug-likeness (QED) is 0.299. The van der Waals surface area contributed by atoms with Gasteiger partial charge in [-0.2, -0.15) is 0 Å². The molecular weight excluding hydrogens is 344 g/mol. The summed E-state index contributed by atoms with van der Waals surface area (Å²) in [5.41, 5.74) is 0. The van der Waals surface area contributed by atoms with Crippen molar-refractivity contribution in [2.75, 3.05) is 0 Å². The van der Waals surface area contributed by atoms with Gasteiger partial charge in [0.15, 0.2) is 0 Å². The Morgan fingerprint density at radius 2 is 0.917 bits per heavy atom. The van der Waals surface area contributed by atoms with E-state index in [1.807, 2.05) is 0 Å². The van der Waals surface area contributed by atoms with E-state index >= 15 is 0 Å². The first-order valence-electron chi connectivity index (χ1n) is 0.783. The average molecular weight is 356 g/mol. The van der Waals surface area contributed by atoms with Crippen molar-refractivity contribution in [3.63, 3.8) is 0 Å². The van der Waals surface area contributed by atoms with Crippen molar-refractivity contribution >= 4 is 106 Å². The molecule has 0 rings (SSSR count). The summed E-state index contributed by atoms with van der Waals surface area (Å²) in [5.74, 6) is 0. The first-order valence-corrected chi connectivity index (χ1v) is 2.35. The van der Waals surface area contributed by atoms with E-state index in [1.54, 1.807) is 0 Å². The maximum absolute atomic E-state index is 8.88. The Morgan fingerprint density at radius 3 is 0.917 bits per heavy atom. The van der Waals surface area contributed by atoms with E-state index in [2.05, 4.69) is 0 Å². The zero-order valence-corrected chi connectivity index (χ0v) is 20.0. The van der Waals surface area contributed by atoms with Crippen LogP contribution < -0.4 is 103 Å². The van der Waals surface area contributed by atoms with Gasteiger partial charge in [-0.05, 0) is 0 Å². The maximum Gasteiger partial charge on any atom is 2.00 e. The van der Waals surface area contributed by atoms with Crippen LogP contribution in [0.4, 0.5) is 0 Å². The molecule has 0 amide bonds. The minimum Gasteiger partial charge on any atom is -1.00 e. The van der Waals surface area contributed by atoms with Crippen molar-refractivity contribution in [1.29, 1.82) is 0 Å². The van der Waals surface area contributed by atoms with E-state index in [-0.39, 0.29) is 209 Å². The normalized spacial score (nSPS) is 4.92. The van der Waals surface area contributed by atoms with Gasteiger partial charge < -0.3 is 23.2 Å². The number of hydrogen-bond acceptors (Lipinski definition) is 1. The molecule has 0 bridgehead atoms. The Kier molecular flexibility index (Phi) is 131. The van der Waals surface area contributed by atoms with Crippen molar-refractivity contribution in [1.82, 2.24) is 0 Å². The van der Waals surface area contributed by atoms with Gasteiger partial charge in [0.25, 0.3) is 0 Å². The van der Waals surface area contributed by atoms with Gasteiger partial charge in [0.05, 0.1) is 0 Å². The molecule has 12 heavy (non-hydrogen) atoms. The van der Waals surface area contributed by atoms with E-state index in [9.17, 15) is 0 Å². The van der Waals surface area contributed by atoms with Gasteiger partial charge in [-0.3, -0.25) is 0 Å². The molecular formula is H12CaCl3K2MgO4P. The van der Waals surface area contributed by atoms with Crippen LogP contribution in [0.25, 0.3) is 0 Å². The van der Waals surface area contributed by atoms with Crippen molar-refractivity contribution in [3.05, 3.63) is 0 Å². The Labute approximate surface area is 230 Å². The second kappa shape index (κ2) is 30.4. The molecule has 0 saturated heterocycles. The second-order valence-electron chi connectivity index (χ2n) is 0.513. The maximum atomic E-state index is 8.88. The third-order valence-electron chi connectivity index (χ3n) is 0. The van der Waals surface area contributed by atoms with Crippen LogP contribution in [0.5, 0.6) is 0 Å². The molecule has 3 N–H and O–H groups in total. The minimum absolute atomic E-state index is 0. The molecule has 0 aliphatic rings. The monoisotopic (exact) mass is 354 g/mol. The summed E-state index contributed by atoms with van der Waals surface area (Å²) in [4.78, 5) is 21.6. The second-order valence-corrected chi connectivity index (χ2v) is 1.54. The van der Waals surface area contributed by atoms with Gasteiger partial charge in [0.2, 0.25) is 0 Å². The van der Waals surface area contributed by atoms with Crippen LogP contribution in [0.3, 0.4) is 0 Å². The van der Waals surface area contributed by atoms with Gasteiger partial charge in [0.1, 0.15) is 0 Å². The fraction of sp³-hybridized carbons (Fsp3) is 0. The molecule has 68 valence electrons. The number of rotatable bonds is 0. The predicted octanol–water partition coefficient (Wildman–Crippen LogP) is -5.74. The third kappa shape index (κ3) is 96.4. The van der Waals surface area contributed by atoms with Crippen molar-refractivity contribution in [3.8, 4) is 0 Å². The Hall–Kier alpha value is 6.28. The largest absolute Gasteiger partial charge is 2.00 e. The summed E-state index contributed by atoms with van der Waals surface area (Å²) in [5, 5.41) is 0. The fourth-order valence-corrected chi connectivity index (χ4v) is 0. The fourth-order valence-electron chi connectivity index (χ4n) is 0. The smallest absolute Gasteiger partial charge is 1.00 e. The van der Waals surface area contributed by atoms with Gasteiger partial charge in [-0.15, -0.1) is 37.2 Å². The van der Waals surface area contributed by atoms with Crippen molar-refractivity contribution < 1.29 is 131 Å². The van der Waals surface area contributed by atoms with Crippen LogP contribution in [0.15, 0.2) is 0 Å². The van der Waals surface area contributed by atoms with Crippen LogP contribution in [0.1, 0.15) is 8.56 Å². The molecule has 12 heteroatoms. The first kappa shape index (κ1) is 51.7. The van der Waals surface area contributed by atoms with Crippen LogP contribution in [0.2, 0.25) is 0 Å². The SMILES string of the molecule is Cl.Cl.Cl.O=P(O)(O)O.[Ca+2].[H-].[H-].[H-].[H-].[H-].[H-].[K+].[K+].[Mg+2]. The van der Waals surface area contributed by atoms with Gasteiger partial charge in [-0.25, -0.2) is 4.57 Å². The molecule has 0 aromatic carbocycles. The topological polar surface area (TPSA) is 77.8 Å². The number of hydrogen-bond donors (Lipinski definition) is 3. The Balaban J connectivity index is -0.00000000103. The molecule has 0 fully saturated rings. The molecule has 0 heterocycles. The first-order chi connectivity index (χ1) is 2.00. The van der Waals surface area contributed by atoms with Crippen LogP contribution in [-0.4, -0.2) is 75.5 Å². The van der Waals surface area contributed by atoms with Gasteiger partial charge in [0, 0.05) is 0 Å². The van der Waals surface area contributed by atoms with Crippen molar-refractivity contribution in [2.45, 2.75) is 0 Å². The van der Waals surface area contributed by atoms with E-state index in [4.69, 9.17) is 19.2 Å². The summed E-state index contributed by atoms with van der Waals surface area (Å²) in [6, 6.07) is 0. The van der Waals surface area contributed by atoms with Gasteiger partial charge >= 0.3 is 171 Å². The van der Waals surface area contributed by atoms with Crippen molar-refractivity contribution in [2.24, 2.45) is 0 Å². The summed E-state index contributed by atoms with van der Waals surface area (Å²) >= 11 is 0. The van der Waals surface area contributed by atoms with Crippen LogP contribution >= 0.6 is 45.0 Å². The Morgan fingerprint density at radius 1 is 0.917 bits per heavy atom. The Bertz CT molecular complexity index is 91.0. The zero-order chi connectivity index (χ0) is 4.50. The standard InChI is InChI=1S/Ca.3ClH.2K.Mg.H3O4P.6H/c;;;;;;;1-5(2,3)4;;;;;;/h;3*1H;;;;(H3,1,2,3,4);;;;;;/q+2;;;;2*+1;+2;;6*-1. The molecule has 0 atom stereocenters. The minimum atomic E-state index is -4.64. The zero-order valence-electron chi connectivity index (χ0n) is 12.8. The summed E-state index contributed by atoms with van der Waals surface area (Å²) < 4.78 is 8.88. The number of phosphoric acid groups is 1. The van der Waals surface area contributed by atoms with E-state index in [0.29, 0.717) is 0 Å². The van der Waals surface area contributed by atoms with Crippen LogP contribution in [0, 0.1) is 0 Å². The van der Waals surface area contributed by atoms with E-state index < -0.39 is 7.82 Å². The van der Waals surface area contributed by atoms with E-state index in [0.717, 1.165) is 0 Å².